The molecule has 0 amide bonds. The first-order valence-electron chi connectivity index (χ1n) is 10.0. The molecule has 0 aliphatic rings. The maximum absolute atomic E-state index is 6.23. The van der Waals surface area contributed by atoms with E-state index in [1.165, 1.54) is 10.5 Å². The highest BCUT2D eigenvalue weighted by atomic mass is 32.4. The molecular weight excluding hydrogens is 409 g/mol. The Labute approximate surface area is 182 Å². The van der Waals surface area contributed by atoms with Crippen molar-refractivity contribution in [3.8, 4) is 17.2 Å². The quantitative estimate of drug-likeness (QED) is 0.274. The average Bonchev–Trinajstić information content (AvgIpc) is 2.58. The molecule has 0 atom stereocenters. The van der Waals surface area contributed by atoms with Crippen LogP contribution in [-0.2, 0) is 12.8 Å². The molecule has 0 spiro atoms. The molecule has 0 heterocycles. The number of hydrogen-bond donors (Lipinski definition) is 0. The van der Waals surface area contributed by atoms with Gasteiger partial charge in [0.25, 0.3) is 0 Å². The third kappa shape index (κ3) is 7.92. The molecule has 5 heteroatoms. The lowest BCUT2D eigenvalue weighted by molar-refractivity contribution is 0.478. The third-order valence-electron chi connectivity index (χ3n) is 3.86. The third-order valence-corrected chi connectivity index (χ3v) is 8.42. The second kappa shape index (κ2) is 9.87. The van der Waals surface area contributed by atoms with Crippen LogP contribution in [0.15, 0.2) is 66.6 Å². The Bertz CT molecular complexity index is 793. The molecule has 2 rings (SSSR count). The first-order valence-corrected chi connectivity index (χ1v) is 18.5. The molecule has 0 saturated heterocycles. The molecule has 0 radical (unpaired) electrons. The molecule has 29 heavy (non-hydrogen) atoms. The summed E-state index contributed by atoms with van der Waals surface area (Å²) in [6.45, 7) is 21.5. The fraction of sp³-hybridized carbons (Fsp3) is 0.333. The summed E-state index contributed by atoms with van der Waals surface area (Å²) in [5, 5.41) is 0. The van der Waals surface area contributed by atoms with Crippen LogP contribution in [0.3, 0.4) is 0 Å². The number of benzene rings is 2. The van der Waals surface area contributed by atoms with Crippen LogP contribution in [0, 0.1) is 0 Å². The van der Waals surface area contributed by atoms with Crippen LogP contribution in [0.2, 0.25) is 39.3 Å². The zero-order valence-electron chi connectivity index (χ0n) is 18.7. The molecule has 0 bridgehead atoms. The van der Waals surface area contributed by atoms with Crippen molar-refractivity contribution < 1.29 is 9.16 Å². The minimum atomic E-state index is -1.68. The van der Waals surface area contributed by atoms with Gasteiger partial charge in [-0.1, -0.05) is 31.8 Å². The lowest BCUT2D eigenvalue weighted by atomic mass is 10.1. The summed E-state index contributed by atoms with van der Waals surface area (Å²) in [4.78, 5) is 1.34. The van der Waals surface area contributed by atoms with Crippen molar-refractivity contribution in [2.45, 2.75) is 57.0 Å². The van der Waals surface area contributed by atoms with Crippen LogP contribution in [0.4, 0.5) is 0 Å². The van der Waals surface area contributed by atoms with E-state index in [-0.39, 0.29) is 0 Å². The van der Waals surface area contributed by atoms with Gasteiger partial charge in [-0.2, -0.15) is 11.2 Å². The Hall–Kier alpha value is -1.70. The molecule has 2 aromatic carbocycles. The van der Waals surface area contributed by atoms with Crippen molar-refractivity contribution in [2.75, 3.05) is 0 Å². The Balaban J connectivity index is 2.30. The maximum Gasteiger partial charge on any atom is 0.242 e. The van der Waals surface area contributed by atoms with Gasteiger partial charge in [-0.25, -0.2) is 0 Å². The monoisotopic (exact) mass is 442 g/mol. The molecule has 2 aromatic rings. The second-order valence-electron chi connectivity index (χ2n) is 9.06. The van der Waals surface area contributed by atoms with E-state index in [0.717, 1.165) is 35.7 Å². The smallest absolute Gasteiger partial charge is 0.242 e. The molecule has 0 N–H and O–H groups in total. The molecular formula is C24H34O2SSi2. The summed E-state index contributed by atoms with van der Waals surface area (Å²) >= 11 is 2.01. The van der Waals surface area contributed by atoms with Crippen molar-refractivity contribution in [2.24, 2.45) is 0 Å². The van der Waals surface area contributed by atoms with E-state index in [4.69, 9.17) is 9.16 Å². The first-order chi connectivity index (χ1) is 13.5. The molecule has 0 aliphatic carbocycles. The van der Waals surface area contributed by atoms with E-state index in [9.17, 15) is 0 Å². The van der Waals surface area contributed by atoms with Gasteiger partial charge >= 0.3 is 0 Å². The molecule has 0 aromatic heterocycles. The fourth-order valence-electron chi connectivity index (χ4n) is 2.86. The minimum Gasteiger partial charge on any atom is -0.544 e. The minimum absolute atomic E-state index is 0.754. The average molecular weight is 443 g/mol. The number of hydrogen-bond acceptors (Lipinski definition) is 3. The highest BCUT2D eigenvalue weighted by molar-refractivity contribution is 8.28. The van der Waals surface area contributed by atoms with Gasteiger partial charge < -0.3 is 9.16 Å². The molecule has 0 fully saturated rings. The van der Waals surface area contributed by atoms with Crippen LogP contribution in [0.1, 0.15) is 11.1 Å². The number of allylic oxidation sites excluding steroid dienone is 2. The summed E-state index contributed by atoms with van der Waals surface area (Å²) in [7, 11) is -2.95. The topological polar surface area (TPSA) is 18.5 Å². The van der Waals surface area contributed by atoms with Gasteiger partial charge in [0.2, 0.25) is 8.32 Å². The molecule has 156 valence electrons. The Kier molecular flexibility index (Phi) is 8.03. The Morgan fingerprint density at radius 3 is 1.93 bits per heavy atom. The normalized spacial score (nSPS) is 11.8. The van der Waals surface area contributed by atoms with Gasteiger partial charge in [0.1, 0.15) is 24.5 Å². The van der Waals surface area contributed by atoms with Gasteiger partial charge in [0.05, 0.1) is 0 Å². The summed E-state index contributed by atoms with van der Waals surface area (Å²) in [6.07, 6.45) is 5.46. The van der Waals surface area contributed by atoms with E-state index in [1.54, 1.807) is 0 Å². The second-order valence-corrected chi connectivity index (χ2v) is 22.6. The number of ether oxygens (including phenoxy) is 1. The van der Waals surface area contributed by atoms with Crippen LogP contribution >= 0.6 is 11.2 Å². The molecule has 2 nitrogen and oxygen atoms in total. The number of rotatable bonds is 10. The van der Waals surface area contributed by atoms with E-state index >= 15 is 0 Å². The van der Waals surface area contributed by atoms with Crippen molar-refractivity contribution in [3.05, 3.63) is 72.8 Å². The summed E-state index contributed by atoms with van der Waals surface area (Å²) in [5.74, 6) is 2.61. The summed E-state index contributed by atoms with van der Waals surface area (Å²) in [6, 6.07) is 12.5. The molecule has 0 aliphatic heterocycles. The van der Waals surface area contributed by atoms with Crippen LogP contribution < -0.4 is 9.16 Å². The summed E-state index contributed by atoms with van der Waals surface area (Å²) in [5.41, 5.74) is 2.38. The molecule has 0 saturated carbocycles. The fourth-order valence-corrected chi connectivity index (χ4v) is 7.37. The van der Waals surface area contributed by atoms with Gasteiger partial charge in [-0.15, -0.1) is 13.2 Å². The van der Waals surface area contributed by atoms with Crippen molar-refractivity contribution in [3.63, 3.8) is 0 Å². The van der Waals surface area contributed by atoms with E-state index in [1.807, 2.05) is 35.5 Å². The predicted molar refractivity (Wildman–Crippen MR) is 134 cm³/mol. The van der Waals surface area contributed by atoms with Crippen LogP contribution in [0.5, 0.6) is 17.2 Å². The van der Waals surface area contributed by atoms with E-state index < -0.39 is 15.5 Å². The van der Waals surface area contributed by atoms with E-state index in [0.29, 0.717) is 0 Å². The van der Waals surface area contributed by atoms with Gasteiger partial charge in [-0.3, -0.25) is 0 Å². The lowest BCUT2D eigenvalue weighted by Crippen LogP contribution is -2.29. The predicted octanol–water partition coefficient (Wildman–Crippen LogP) is 8.08. The van der Waals surface area contributed by atoms with Crippen molar-refractivity contribution >= 4 is 26.8 Å². The lowest BCUT2D eigenvalue weighted by Gasteiger charge is -2.22. The van der Waals surface area contributed by atoms with Crippen molar-refractivity contribution in [1.29, 1.82) is 0 Å². The largest absolute Gasteiger partial charge is 0.544 e. The van der Waals surface area contributed by atoms with Crippen LogP contribution in [-0.4, -0.2) is 15.5 Å². The zero-order valence-corrected chi connectivity index (χ0v) is 21.5. The zero-order chi connectivity index (χ0) is 21.7. The Morgan fingerprint density at radius 1 is 0.828 bits per heavy atom. The standard InChI is InChI=1S/C24H34O2SSi2/c1-9-11-19-17-21(13-15-23(19)26-28(3,4)5)25-22-14-16-24(27-29(6,7)8)20(18-22)12-10-2/h9-10,13-18H,1-2,11-12H2,3-8H3. The van der Waals surface area contributed by atoms with Gasteiger partial charge in [0, 0.05) is 10.5 Å². The first kappa shape index (κ1) is 23.6. The van der Waals surface area contributed by atoms with Gasteiger partial charge in [-0.05, 0) is 74.4 Å². The van der Waals surface area contributed by atoms with Crippen LogP contribution in [0.25, 0.3) is 0 Å². The Morgan fingerprint density at radius 2 is 1.38 bits per heavy atom. The highest BCUT2D eigenvalue weighted by Crippen LogP contribution is 2.36. The molecule has 0 unspecified atom stereocenters. The maximum atomic E-state index is 6.23. The SMILES string of the molecule is C=CCc1cc(Oc2ccc(S[Si](C)(C)C)c(CC=C)c2)ccc1O[Si](C)(C)C. The van der Waals surface area contributed by atoms with E-state index in [2.05, 4.69) is 76.7 Å². The van der Waals surface area contributed by atoms with Gasteiger partial charge in [0.15, 0.2) is 0 Å². The highest BCUT2D eigenvalue weighted by Gasteiger charge is 2.19. The summed E-state index contributed by atoms with van der Waals surface area (Å²) < 4.78 is 12.4. The van der Waals surface area contributed by atoms with Crippen molar-refractivity contribution in [1.82, 2.24) is 0 Å².